The van der Waals surface area contributed by atoms with Gasteiger partial charge >= 0.3 is 0 Å². The number of nitrogens with one attached hydrogen (secondary N) is 1. The van der Waals surface area contributed by atoms with E-state index in [0.717, 1.165) is 0 Å². The number of benzene rings is 2. The highest BCUT2D eigenvalue weighted by Gasteiger charge is 2.03. The molecule has 0 heterocycles. The lowest BCUT2D eigenvalue weighted by Crippen LogP contribution is -2.17. The minimum Gasteiger partial charge on any atom is -0.508 e. The van der Waals surface area contributed by atoms with Crippen molar-refractivity contribution >= 4 is 23.7 Å². The monoisotopic (exact) mass is 274 g/mol. The smallest absolute Gasteiger partial charge is 0.271 e. The van der Waals surface area contributed by atoms with Crippen LogP contribution in [0.2, 0.25) is 5.02 Å². The van der Waals surface area contributed by atoms with Crippen LogP contribution in [0.4, 0.5) is 0 Å². The Balaban J connectivity index is 2.01. The Hall–Kier alpha value is -2.33. The van der Waals surface area contributed by atoms with Crippen LogP contribution in [-0.2, 0) is 0 Å². The summed E-state index contributed by atoms with van der Waals surface area (Å²) in [5.41, 5.74) is 3.50. The molecule has 0 aliphatic heterocycles. The van der Waals surface area contributed by atoms with Gasteiger partial charge in [0, 0.05) is 10.6 Å². The summed E-state index contributed by atoms with van der Waals surface area (Å²) >= 11 is 5.79. The van der Waals surface area contributed by atoms with Gasteiger partial charge in [-0.1, -0.05) is 29.8 Å². The standard InChI is InChI=1S/C14H11ClN2O2/c15-12-5-2-4-11(8-12)14(19)17-16-9-10-3-1-6-13(18)7-10/h1-9,18H,(H,17,19)/b16-9+. The van der Waals surface area contributed by atoms with Gasteiger partial charge in [0.2, 0.25) is 0 Å². The van der Waals surface area contributed by atoms with Crippen LogP contribution in [0, 0.1) is 0 Å². The summed E-state index contributed by atoms with van der Waals surface area (Å²) in [6.45, 7) is 0. The third kappa shape index (κ3) is 3.82. The van der Waals surface area contributed by atoms with Crippen LogP contribution >= 0.6 is 11.6 Å². The highest BCUT2D eigenvalue weighted by Crippen LogP contribution is 2.10. The summed E-state index contributed by atoms with van der Waals surface area (Å²) in [5.74, 6) is -0.205. The molecule has 0 aromatic heterocycles. The molecule has 2 aromatic rings. The van der Waals surface area contributed by atoms with E-state index in [0.29, 0.717) is 16.1 Å². The van der Waals surface area contributed by atoms with E-state index in [4.69, 9.17) is 11.6 Å². The molecule has 2 rings (SSSR count). The van der Waals surface area contributed by atoms with E-state index in [1.54, 1.807) is 42.5 Å². The summed E-state index contributed by atoms with van der Waals surface area (Å²) in [5, 5.41) is 13.6. The number of carbonyl (C=O) groups excluding carboxylic acids is 1. The Labute approximate surface area is 115 Å². The molecule has 0 fully saturated rings. The second-order valence-corrected chi connectivity index (χ2v) is 4.24. The minimum absolute atomic E-state index is 0.144. The Kier molecular flexibility index (Phi) is 4.15. The zero-order chi connectivity index (χ0) is 13.7. The number of halogens is 1. The summed E-state index contributed by atoms with van der Waals surface area (Å²) in [6.07, 6.45) is 1.45. The average molecular weight is 275 g/mol. The second kappa shape index (κ2) is 6.02. The Morgan fingerprint density at radius 1 is 1.21 bits per heavy atom. The molecule has 0 saturated heterocycles. The maximum atomic E-state index is 11.7. The molecular weight excluding hydrogens is 264 g/mol. The third-order valence-electron chi connectivity index (χ3n) is 2.34. The van der Waals surface area contributed by atoms with Crippen molar-refractivity contribution in [2.75, 3.05) is 0 Å². The normalized spacial score (nSPS) is 10.6. The van der Waals surface area contributed by atoms with Crippen LogP contribution in [0.15, 0.2) is 53.6 Å². The summed E-state index contributed by atoms with van der Waals surface area (Å²) in [6, 6.07) is 13.1. The molecule has 5 heteroatoms. The van der Waals surface area contributed by atoms with Crippen molar-refractivity contribution in [3.05, 3.63) is 64.7 Å². The van der Waals surface area contributed by atoms with Crippen molar-refractivity contribution in [2.24, 2.45) is 5.10 Å². The maximum Gasteiger partial charge on any atom is 0.271 e. The maximum absolute atomic E-state index is 11.7. The van der Waals surface area contributed by atoms with Crippen LogP contribution in [0.5, 0.6) is 5.75 Å². The van der Waals surface area contributed by atoms with Gasteiger partial charge in [0.1, 0.15) is 5.75 Å². The highest BCUT2D eigenvalue weighted by molar-refractivity contribution is 6.30. The lowest BCUT2D eigenvalue weighted by Gasteiger charge is -2.00. The number of hydrogen-bond acceptors (Lipinski definition) is 3. The van der Waals surface area contributed by atoms with Crippen molar-refractivity contribution in [3.8, 4) is 5.75 Å². The Bertz CT molecular complexity index is 626. The van der Waals surface area contributed by atoms with E-state index >= 15 is 0 Å². The number of rotatable bonds is 3. The first-order chi connectivity index (χ1) is 9.15. The van der Waals surface area contributed by atoms with Crippen molar-refractivity contribution in [2.45, 2.75) is 0 Å². The van der Waals surface area contributed by atoms with Gasteiger partial charge in [-0.2, -0.15) is 5.10 Å². The second-order valence-electron chi connectivity index (χ2n) is 3.80. The fourth-order valence-electron chi connectivity index (χ4n) is 1.46. The Morgan fingerprint density at radius 3 is 2.74 bits per heavy atom. The molecular formula is C14H11ClN2O2. The van der Waals surface area contributed by atoms with E-state index in [2.05, 4.69) is 10.5 Å². The van der Waals surface area contributed by atoms with Gasteiger partial charge in [-0.05, 0) is 35.9 Å². The number of hydrazone groups is 1. The largest absolute Gasteiger partial charge is 0.508 e. The molecule has 4 nitrogen and oxygen atoms in total. The Morgan fingerprint density at radius 2 is 2.00 bits per heavy atom. The van der Waals surface area contributed by atoms with Crippen LogP contribution < -0.4 is 5.43 Å². The molecule has 2 aromatic carbocycles. The molecule has 0 bridgehead atoms. The number of nitrogens with zero attached hydrogens (tertiary/aromatic N) is 1. The van der Waals surface area contributed by atoms with Gasteiger partial charge < -0.3 is 5.11 Å². The fourth-order valence-corrected chi connectivity index (χ4v) is 1.66. The van der Waals surface area contributed by atoms with Gasteiger partial charge in [-0.15, -0.1) is 0 Å². The summed E-state index contributed by atoms with van der Waals surface area (Å²) < 4.78 is 0. The predicted octanol–water partition coefficient (Wildman–Crippen LogP) is 2.81. The molecule has 0 saturated carbocycles. The van der Waals surface area contributed by atoms with Gasteiger partial charge in [0.15, 0.2) is 0 Å². The fraction of sp³-hybridized carbons (Fsp3) is 0. The lowest BCUT2D eigenvalue weighted by atomic mass is 10.2. The topological polar surface area (TPSA) is 61.7 Å². The molecule has 0 radical (unpaired) electrons. The molecule has 1 amide bonds. The lowest BCUT2D eigenvalue weighted by molar-refractivity contribution is 0.0955. The molecule has 0 unspecified atom stereocenters. The number of hydrogen-bond donors (Lipinski definition) is 2. The first-order valence-electron chi connectivity index (χ1n) is 5.53. The SMILES string of the molecule is O=C(N/N=C/c1cccc(O)c1)c1cccc(Cl)c1. The molecule has 0 atom stereocenters. The van der Waals surface area contributed by atoms with Crippen LogP contribution in [0.1, 0.15) is 15.9 Å². The number of amides is 1. The van der Waals surface area contributed by atoms with Gasteiger partial charge in [0.25, 0.3) is 5.91 Å². The number of phenols is 1. The molecule has 0 aliphatic rings. The molecule has 96 valence electrons. The molecule has 0 spiro atoms. The first kappa shape index (κ1) is 13.1. The van der Waals surface area contributed by atoms with Gasteiger partial charge in [0.05, 0.1) is 6.21 Å². The van der Waals surface area contributed by atoms with E-state index in [1.807, 2.05) is 0 Å². The minimum atomic E-state index is -0.348. The van der Waals surface area contributed by atoms with Crippen LogP contribution in [-0.4, -0.2) is 17.2 Å². The first-order valence-corrected chi connectivity index (χ1v) is 5.91. The van der Waals surface area contributed by atoms with E-state index in [9.17, 15) is 9.90 Å². The number of phenolic OH excluding ortho intramolecular Hbond substituents is 1. The highest BCUT2D eigenvalue weighted by atomic mass is 35.5. The van der Waals surface area contributed by atoms with Gasteiger partial charge in [-0.25, -0.2) is 5.43 Å². The molecule has 0 aliphatic carbocycles. The van der Waals surface area contributed by atoms with Gasteiger partial charge in [-0.3, -0.25) is 4.79 Å². The number of aromatic hydroxyl groups is 1. The van der Waals surface area contributed by atoms with Crippen LogP contribution in [0.25, 0.3) is 0 Å². The zero-order valence-electron chi connectivity index (χ0n) is 9.88. The molecule has 19 heavy (non-hydrogen) atoms. The van der Waals surface area contributed by atoms with Crippen molar-refractivity contribution in [1.29, 1.82) is 0 Å². The average Bonchev–Trinajstić information content (AvgIpc) is 2.38. The predicted molar refractivity (Wildman–Crippen MR) is 74.6 cm³/mol. The van der Waals surface area contributed by atoms with Crippen LogP contribution in [0.3, 0.4) is 0 Å². The van der Waals surface area contributed by atoms with E-state index in [-0.39, 0.29) is 11.7 Å². The zero-order valence-corrected chi connectivity index (χ0v) is 10.6. The van der Waals surface area contributed by atoms with E-state index in [1.165, 1.54) is 12.3 Å². The number of carbonyl (C=O) groups is 1. The van der Waals surface area contributed by atoms with Crippen molar-refractivity contribution in [1.82, 2.24) is 5.43 Å². The third-order valence-corrected chi connectivity index (χ3v) is 2.57. The van der Waals surface area contributed by atoms with E-state index < -0.39 is 0 Å². The summed E-state index contributed by atoms with van der Waals surface area (Å²) in [7, 11) is 0. The quantitative estimate of drug-likeness (QED) is 0.668. The molecule has 2 N–H and O–H groups in total. The van der Waals surface area contributed by atoms with Crippen molar-refractivity contribution in [3.63, 3.8) is 0 Å². The van der Waals surface area contributed by atoms with Crippen molar-refractivity contribution < 1.29 is 9.90 Å². The summed E-state index contributed by atoms with van der Waals surface area (Å²) in [4.78, 5) is 11.7.